The second-order valence-corrected chi connectivity index (χ2v) is 3.63. The quantitative estimate of drug-likeness (QED) is 0.857. The van der Waals surface area contributed by atoms with Gasteiger partial charge in [-0.3, -0.25) is 0 Å². The summed E-state index contributed by atoms with van der Waals surface area (Å²) in [5.41, 5.74) is 0.252. The highest BCUT2D eigenvalue weighted by molar-refractivity contribution is 5.27. The predicted molar refractivity (Wildman–Crippen MR) is 60.5 cm³/mol. The Morgan fingerprint density at radius 2 is 2.24 bits per heavy atom. The molecule has 1 unspecified atom stereocenters. The fourth-order valence-corrected chi connectivity index (χ4v) is 1.73. The average molecular weight is 237 g/mol. The number of nitrogens with one attached hydrogen (secondary N) is 2. The zero-order valence-electron chi connectivity index (χ0n) is 9.37. The largest absolute Gasteiger partial charge is 0.347 e. The number of nitrogens with zero attached hydrogens (tertiary/aromatic N) is 1. The molecule has 0 fully saturated rings. The number of halogens is 2. The van der Waals surface area contributed by atoms with E-state index in [4.69, 9.17) is 0 Å². The lowest BCUT2D eigenvalue weighted by Gasteiger charge is -2.16. The van der Waals surface area contributed by atoms with Crippen LogP contribution in [0.5, 0.6) is 0 Å². The van der Waals surface area contributed by atoms with Crippen LogP contribution >= 0.6 is 0 Å². The van der Waals surface area contributed by atoms with E-state index in [-0.39, 0.29) is 5.56 Å². The van der Waals surface area contributed by atoms with E-state index in [1.807, 2.05) is 6.92 Å². The van der Waals surface area contributed by atoms with Gasteiger partial charge in [-0.25, -0.2) is 13.8 Å². The third-order valence-corrected chi connectivity index (χ3v) is 2.47. The predicted octanol–water partition coefficient (Wildman–Crippen LogP) is 2.39. The van der Waals surface area contributed by atoms with Crippen molar-refractivity contribution in [1.82, 2.24) is 15.3 Å². The molecule has 0 saturated heterocycles. The summed E-state index contributed by atoms with van der Waals surface area (Å²) in [5.74, 6) is -0.346. The lowest BCUT2D eigenvalue weighted by molar-refractivity contribution is 0.534. The lowest BCUT2D eigenvalue weighted by atomic mass is 10.1. The van der Waals surface area contributed by atoms with Gasteiger partial charge in [0.1, 0.15) is 17.5 Å². The molecule has 1 heterocycles. The molecule has 1 atom stereocenters. The molecule has 2 N–H and O–H groups in total. The molecule has 2 aromatic rings. The molecular formula is C12H13F2N3. The first-order valence-corrected chi connectivity index (χ1v) is 5.40. The van der Waals surface area contributed by atoms with E-state index in [2.05, 4.69) is 15.3 Å². The molecule has 90 valence electrons. The van der Waals surface area contributed by atoms with Crippen molar-refractivity contribution in [3.63, 3.8) is 0 Å². The third kappa shape index (κ3) is 2.50. The monoisotopic (exact) mass is 237 g/mol. The van der Waals surface area contributed by atoms with Crippen molar-refractivity contribution in [2.45, 2.75) is 13.0 Å². The lowest BCUT2D eigenvalue weighted by Crippen LogP contribution is -2.24. The molecule has 0 spiro atoms. The highest BCUT2D eigenvalue weighted by atomic mass is 19.1. The van der Waals surface area contributed by atoms with Crippen molar-refractivity contribution in [3.05, 3.63) is 53.6 Å². The summed E-state index contributed by atoms with van der Waals surface area (Å²) in [4.78, 5) is 6.98. The Balaban J connectivity index is 2.42. The maximum absolute atomic E-state index is 13.7. The van der Waals surface area contributed by atoms with Gasteiger partial charge in [-0.2, -0.15) is 0 Å². The smallest absolute Gasteiger partial charge is 0.128 e. The topological polar surface area (TPSA) is 40.7 Å². The summed E-state index contributed by atoms with van der Waals surface area (Å²) in [6.07, 6.45) is 3.23. The van der Waals surface area contributed by atoms with Crippen molar-refractivity contribution in [2.24, 2.45) is 0 Å². The van der Waals surface area contributed by atoms with E-state index in [0.29, 0.717) is 12.4 Å². The highest BCUT2D eigenvalue weighted by Gasteiger charge is 2.19. The minimum Gasteiger partial charge on any atom is -0.347 e. The van der Waals surface area contributed by atoms with Gasteiger partial charge in [-0.15, -0.1) is 0 Å². The fourth-order valence-electron chi connectivity index (χ4n) is 1.73. The van der Waals surface area contributed by atoms with Crippen molar-refractivity contribution in [1.29, 1.82) is 0 Å². The van der Waals surface area contributed by atoms with Gasteiger partial charge in [0.15, 0.2) is 0 Å². The molecule has 0 aliphatic heterocycles. The fraction of sp³-hybridized carbons (Fsp3) is 0.250. The molecule has 5 heteroatoms. The van der Waals surface area contributed by atoms with E-state index in [0.717, 1.165) is 12.1 Å². The summed E-state index contributed by atoms with van der Waals surface area (Å²) in [6.45, 7) is 2.52. The van der Waals surface area contributed by atoms with Crippen LogP contribution in [-0.4, -0.2) is 16.5 Å². The number of rotatable bonds is 4. The molecule has 17 heavy (non-hydrogen) atoms. The van der Waals surface area contributed by atoms with Crippen molar-refractivity contribution < 1.29 is 8.78 Å². The van der Waals surface area contributed by atoms with Gasteiger partial charge in [-0.05, 0) is 24.7 Å². The molecule has 0 amide bonds. The molecule has 0 aliphatic carbocycles. The van der Waals surface area contributed by atoms with Crippen LogP contribution in [0.25, 0.3) is 0 Å². The Morgan fingerprint density at radius 3 is 2.88 bits per heavy atom. The maximum Gasteiger partial charge on any atom is 0.128 e. The Kier molecular flexibility index (Phi) is 3.49. The zero-order valence-corrected chi connectivity index (χ0v) is 9.37. The zero-order chi connectivity index (χ0) is 12.3. The highest BCUT2D eigenvalue weighted by Crippen LogP contribution is 2.22. The Hall–Kier alpha value is -1.75. The van der Waals surface area contributed by atoms with Crippen LogP contribution in [0, 0.1) is 11.6 Å². The van der Waals surface area contributed by atoms with Crippen LogP contribution < -0.4 is 5.32 Å². The normalized spacial score (nSPS) is 12.6. The van der Waals surface area contributed by atoms with Crippen LogP contribution in [0.15, 0.2) is 30.6 Å². The van der Waals surface area contributed by atoms with Crippen LogP contribution in [-0.2, 0) is 0 Å². The molecule has 2 rings (SSSR count). The summed E-state index contributed by atoms with van der Waals surface area (Å²) >= 11 is 0. The molecule has 1 aromatic heterocycles. The standard InChI is InChI=1S/C12H13F2N3/c1-2-15-11(12-16-5-6-17-12)9-7-8(13)3-4-10(9)14/h3-7,11,15H,2H2,1H3,(H,16,17). The van der Waals surface area contributed by atoms with E-state index in [1.54, 1.807) is 12.4 Å². The number of aromatic amines is 1. The number of aromatic nitrogens is 2. The Morgan fingerprint density at radius 1 is 1.41 bits per heavy atom. The summed E-state index contributed by atoms with van der Waals surface area (Å²) < 4.78 is 26.9. The summed E-state index contributed by atoms with van der Waals surface area (Å²) in [5, 5.41) is 3.07. The number of hydrogen-bond acceptors (Lipinski definition) is 2. The van der Waals surface area contributed by atoms with E-state index < -0.39 is 17.7 Å². The number of benzene rings is 1. The van der Waals surface area contributed by atoms with E-state index in [9.17, 15) is 8.78 Å². The first-order valence-electron chi connectivity index (χ1n) is 5.40. The molecule has 0 aliphatic rings. The van der Waals surface area contributed by atoms with Crippen molar-refractivity contribution in [3.8, 4) is 0 Å². The minimum atomic E-state index is -0.467. The van der Waals surface area contributed by atoms with Gasteiger partial charge in [0.25, 0.3) is 0 Å². The van der Waals surface area contributed by atoms with Crippen molar-refractivity contribution >= 4 is 0 Å². The van der Waals surface area contributed by atoms with Gasteiger partial charge in [0, 0.05) is 18.0 Å². The average Bonchev–Trinajstić information content (AvgIpc) is 2.83. The SMILES string of the molecule is CCNC(c1ncc[nH]1)c1cc(F)ccc1F. The first-order chi connectivity index (χ1) is 8.22. The Bertz CT molecular complexity index is 483. The van der Waals surface area contributed by atoms with Crippen LogP contribution in [0.3, 0.4) is 0 Å². The summed E-state index contributed by atoms with van der Waals surface area (Å²) in [6, 6.07) is 2.94. The van der Waals surface area contributed by atoms with Gasteiger partial charge in [0.05, 0.1) is 6.04 Å². The number of H-pyrrole nitrogens is 1. The van der Waals surface area contributed by atoms with Gasteiger partial charge < -0.3 is 10.3 Å². The summed E-state index contributed by atoms with van der Waals surface area (Å²) in [7, 11) is 0. The third-order valence-electron chi connectivity index (χ3n) is 2.47. The molecular weight excluding hydrogens is 224 g/mol. The second kappa shape index (κ2) is 5.05. The van der Waals surface area contributed by atoms with Crippen LogP contribution in [0.2, 0.25) is 0 Å². The molecule has 0 saturated carbocycles. The second-order valence-electron chi connectivity index (χ2n) is 3.63. The molecule has 0 bridgehead atoms. The van der Waals surface area contributed by atoms with Crippen LogP contribution in [0.4, 0.5) is 8.78 Å². The van der Waals surface area contributed by atoms with Gasteiger partial charge >= 0.3 is 0 Å². The maximum atomic E-state index is 13.7. The molecule has 3 nitrogen and oxygen atoms in total. The Labute approximate surface area is 97.9 Å². The molecule has 1 aromatic carbocycles. The van der Waals surface area contributed by atoms with Crippen molar-refractivity contribution in [2.75, 3.05) is 6.54 Å². The van der Waals surface area contributed by atoms with Gasteiger partial charge in [0.2, 0.25) is 0 Å². The number of hydrogen-bond donors (Lipinski definition) is 2. The number of imidazole rings is 1. The first kappa shape index (κ1) is 11.7. The van der Waals surface area contributed by atoms with Crippen LogP contribution in [0.1, 0.15) is 24.4 Å². The van der Waals surface area contributed by atoms with E-state index >= 15 is 0 Å². The minimum absolute atomic E-state index is 0.252. The molecule has 0 radical (unpaired) electrons. The van der Waals surface area contributed by atoms with Gasteiger partial charge in [-0.1, -0.05) is 6.92 Å². The van der Waals surface area contributed by atoms with E-state index in [1.165, 1.54) is 6.07 Å².